The van der Waals surface area contributed by atoms with Gasteiger partial charge in [-0.1, -0.05) is 17.8 Å². The highest BCUT2D eigenvalue weighted by molar-refractivity contribution is 7.99. The summed E-state index contributed by atoms with van der Waals surface area (Å²) in [7, 11) is 1.38. The van der Waals surface area contributed by atoms with Gasteiger partial charge in [0.1, 0.15) is 5.54 Å². The first-order valence-electron chi connectivity index (χ1n) is 6.45. The van der Waals surface area contributed by atoms with Gasteiger partial charge in [-0.25, -0.2) is 0 Å². The molecule has 0 aromatic carbocycles. The number of carbonyl (C=O) groups excluding carboxylic acids is 1. The van der Waals surface area contributed by atoms with E-state index in [9.17, 15) is 4.79 Å². The molecule has 0 radical (unpaired) electrons. The van der Waals surface area contributed by atoms with E-state index in [1.165, 1.54) is 18.9 Å². The molecule has 0 saturated heterocycles. The summed E-state index contributed by atoms with van der Waals surface area (Å²) in [6, 6.07) is 5.70. The fourth-order valence-corrected chi connectivity index (χ4v) is 3.35. The van der Waals surface area contributed by atoms with Crippen molar-refractivity contribution in [2.24, 2.45) is 11.7 Å². The zero-order valence-electron chi connectivity index (χ0n) is 11.2. The number of thioether (sulfide) groups is 1. The highest BCUT2D eigenvalue weighted by Gasteiger charge is 2.49. The van der Waals surface area contributed by atoms with Crippen molar-refractivity contribution in [1.82, 2.24) is 14.6 Å². The van der Waals surface area contributed by atoms with Crippen molar-refractivity contribution in [3.05, 3.63) is 24.4 Å². The molecule has 1 atom stereocenters. The molecular weight excluding hydrogens is 276 g/mol. The van der Waals surface area contributed by atoms with E-state index in [1.54, 1.807) is 0 Å². The molecule has 1 saturated carbocycles. The van der Waals surface area contributed by atoms with Gasteiger partial charge < -0.3 is 10.5 Å². The number of methoxy groups -OCH3 is 1. The molecule has 6 nitrogen and oxygen atoms in total. The number of pyridine rings is 1. The van der Waals surface area contributed by atoms with Crippen molar-refractivity contribution in [2.45, 2.75) is 23.5 Å². The van der Waals surface area contributed by atoms with E-state index < -0.39 is 5.54 Å². The van der Waals surface area contributed by atoms with E-state index in [0.717, 1.165) is 23.6 Å². The Balaban J connectivity index is 1.79. The topological polar surface area (TPSA) is 82.5 Å². The maximum Gasteiger partial charge on any atom is 0.327 e. The summed E-state index contributed by atoms with van der Waals surface area (Å²) < 4.78 is 6.74. The monoisotopic (exact) mass is 292 g/mol. The second kappa shape index (κ2) is 5.06. The minimum atomic E-state index is -0.931. The van der Waals surface area contributed by atoms with Crippen LogP contribution in [0.2, 0.25) is 0 Å². The van der Waals surface area contributed by atoms with Crippen LogP contribution in [-0.2, 0) is 9.53 Å². The van der Waals surface area contributed by atoms with Gasteiger partial charge in [-0.3, -0.25) is 9.20 Å². The van der Waals surface area contributed by atoms with Crippen molar-refractivity contribution < 1.29 is 9.53 Å². The predicted molar refractivity (Wildman–Crippen MR) is 75.4 cm³/mol. The van der Waals surface area contributed by atoms with Crippen LogP contribution in [-0.4, -0.2) is 39.0 Å². The Morgan fingerprint density at radius 1 is 1.55 bits per heavy atom. The fraction of sp³-hybridized carbons (Fsp3) is 0.462. The average Bonchev–Trinajstić information content (AvgIpc) is 3.26. The van der Waals surface area contributed by atoms with Gasteiger partial charge in [-0.05, 0) is 30.9 Å². The van der Waals surface area contributed by atoms with Gasteiger partial charge in [0.15, 0.2) is 10.8 Å². The Bertz CT molecular complexity index is 640. The maximum atomic E-state index is 11.9. The third kappa shape index (κ3) is 2.27. The van der Waals surface area contributed by atoms with Gasteiger partial charge >= 0.3 is 5.97 Å². The standard InChI is InChI=1S/C13H16N4O2S/c1-19-11(18)13(14,9-5-6-9)8-20-12-16-15-10-4-2-3-7-17(10)12/h2-4,7,9H,5-6,8,14H2,1H3. The fourth-order valence-electron chi connectivity index (χ4n) is 2.23. The summed E-state index contributed by atoms with van der Waals surface area (Å²) in [6.45, 7) is 0. The van der Waals surface area contributed by atoms with Crippen molar-refractivity contribution in [2.75, 3.05) is 12.9 Å². The van der Waals surface area contributed by atoms with Crippen LogP contribution >= 0.6 is 11.8 Å². The molecular formula is C13H16N4O2S. The van der Waals surface area contributed by atoms with Crippen LogP contribution in [0.25, 0.3) is 5.65 Å². The van der Waals surface area contributed by atoms with E-state index in [0.29, 0.717) is 5.75 Å². The van der Waals surface area contributed by atoms with Crippen LogP contribution in [0.4, 0.5) is 0 Å². The molecule has 2 N–H and O–H groups in total. The summed E-state index contributed by atoms with van der Waals surface area (Å²) in [5.41, 5.74) is 6.11. The molecule has 0 spiro atoms. The maximum absolute atomic E-state index is 11.9. The zero-order chi connectivity index (χ0) is 14.2. The number of ether oxygens (including phenoxy) is 1. The van der Waals surface area contributed by atoms with E-state index in [1.807, 2.05) is 28.8 Å². The Morgan fingerprint density at radius 3 is 3.05 bits per heavy atom. The molecule has 106 valence electrons. The molecule has 0 amide bonds. The number of aromatic nitrogens is 3. The molecule has 3 rings (SSSR count). The Hall–Kier alpha value is -1.60. The summed E-state index contributed by atoms with van der Waals surface area (Å²) in [4.78, 5) is 11.9. The number of fused-ring (bicyclic) bond motifs is 1. The minimum Gasteiger partial charge on any atom is -0.468 e. The third-order valence-electron chi connectivity index (χ3n) is 3.59. The van der Waals surface area contributed by atoms with E-state index in [2.05, 4.69) is 10.2 Å². The first-order chi connectivity index (χ1) is 9.65. The highest BCUT2D eigenvalue weighted by atomic mass is 32.2. The minimum absolute atomic E-state index is 0.210. The lowest BCUT2D eigenvalue weighted by molar-refractivity contribution is -0.146. The molecule has 1 unspecified atom stereocenters. The second-order valence-corrected chi connectivity index (χ2v) is 5.95. The van der Waals surface area contributed by atoms with Crippen LogP contribution in [0.3, 0.4) is 0 Å². The third-order valence-corrected chi connectivity index (χ3v) is 4.75. The molecule has 2 heterocycles. The molecule has 2 aromatic heterocycles. The molecule has 0 aliphatic heterocycles. The SMILES string of the molecule is COC(=O)C(N)(CSc1nnc2ccccn12)C1CC1. The summed E-state index contributed by atoms with van der Waals surface area (Å²) >= 11 is 1.44. The van der Waals surface area contributed by atoms with E-state index >= 15 is 0 Å². The lowest BCUT2D eigenvalue weighted by Crippen LogP contribution is -2.53. The Morgan fingerprint density at radius 2 is 2.35 bits per heavy atom. The van der Waals surface area contributed by atoms with Crippen LogP contribution in [0.15, 0.2) is 29.6 Å². The van der Waals surface area contributed by atoms with Crippen LogP contribution in [0.5, 0.6) is 0 Å². The predicted octanol–water partition coefficient (Wildman–Crippen LogP) is 1.10. The van der Waals surface area contributed by atoms with Crippen molar-refractivity contribution in [1.29, 1.82) is 0 Å². The highest BCUT2D eigenvalue weighted by Crippen LogP contribution is 2.41. The first kappa shape index (κ1) is 13.4. The van der Waals surface area contributed by atoms with Gasteiger partial charge in [0.2, 0.25) is 0 Å². The number of esters is 1. The smallest absolute Gasteiger partial charge is 0.327 e. The molecule has 1 aliphatic carbocycles. The lowest BCUT2D eigenvalue weighted by atomic mass is 9.97. The van der Waals surface area contributed by atoms with E-state index in [-0.39, 0.29) is 11.9 Å². The van der Waals surface area contributed by atoms with Crippen molar-refractivity contribution >= 4 is 23.4 Å². The zero-order valence-corrected chi connectivity index (χ0v) is 12.0. The molecule has 20 heavy (non-hydrogen) atoms. The van der Waals surface area contributed by atoms with Gasteiger partial charge in [0.05, 0.1) is 7.11 Å². The van der Waals surface area contributed by atoms with Gasteiger partial charge in [0, 0.05) is 11.9 Å². The molecule has 2 aromatic rings. The van der Waals surface area contributed by atoms with Gasteiger partial charge in [-0.2, -0.15) is 0 Å². The number of carbonyl (C=O) groups is 1. The largest absolute Gasteiger partial charge is 0.468 e. The van der Waals surface area contributed by atoms with Gasteiger partial charge in [0.25, 0.3) is 0 Å². The Labute approximate surface area is 120 Å². The summed E-state index contributed by atoms with van der Waals surface area (Å²) in [5, 5.41) is 8.95. The number of hydrogen-bond donors (Lipinski definition) is 1. The van der Waals surface area contributed by atoms with Crippen LogP contribution in [0.1, 0.15) is 12.8 Å². The molecule has 0 bridgehead atoms. The number of nitrogens with zero attached hydrogens (tertiary/aromatic N) is 3. The molecule has 1 aliphatic rings. The number of nitrogens with two attached hydrogens (primary N) is 1. The summed E-state index contributed by atoms with van der Waals surface area (Å²) in [6.07, 6.45) is 3.85. The molecule has 1 fully saturated rings. The van der Waals surface area contributed by atoms with Crippen molar-refractivity contribution in [3.8, 4) is 0 Å². The normalized spacial score (nSPS) is 17.9. The van der Waals surface area contributed by atoms with E-state index in [4.69, 9.17) is 10.5 Å². The first-order valence-corrected chi connectivity index (χ1v) is 7.43. The Kier molecular flexibility index (Phi) is 3.39. The van der Waals surface area contributed by atoms with Crippen molar-refractivity contribution in [3.63, 3.8) is 0 Å². The quantitative estimate of drug-likeness (QED) is 0.656. The number of hydrogen-bond acceptors (Lipinski definition) is 6. The van der Waals surface area contributed by atoms with Gasteiger partial charge in [-0.15, -0.1) is 10.2 Å². The molecule has 7 heteroatoms. The average molecular weight is 292 g/mol. The number of rotatable bonds is 5. The second-order valence-electron chi connectivity index (χ2n) is 5.01. The lowest BCUT2D eigenvalue weighted by Gasteiger charge is -2.25. The summed E-state index contributed by atoms with van der Waals surface area (Å²) in [5.74, 6) is 0.308. The van der Waals surface area contributed by atoms with Crippen LogP contribution in [0, 0.1) is 5.92 Å². The van der Waals surface area contributed by atoms with Crippen LogP contribution < -0.4 is 5.73 Å².